The summed E-state index contributed by atoms with van der Waals surface area (Å²) >= 11 is 0. The topological polar surface area (TPSA) is 577 Å². The van der Waals surface area contributed by atoms with E-state index in [1.54, 1.807) is 107 Å². The van der Waals surface area contributed by atoms with E-state index in [2.05, 4.69) is 47.5 Å². The van der Waals surface area contributed by atoms with Crippen LogP contribution < -0.4 is 65.5 Å². The molecule has 0 unspecified atom stereocenters. The van der Waals surface area contributed by atoms with Crippen LogP contribution >= 0.6 is 0 Å². The molecule has 4 saturated heterocycles. The van der Waals surface area contributed by atoms with Gasteiger partial charge >= 0.3 is 5.97 Å². The summed E-state index contributed by atoms with van der Waals surface area (Å²) in [5, 5.41) is 44.5. The molecule has 0 aliphatic carbocycles. The Kier molecular flexibility index (Phi) is 38.2. The number of nitrogens with one attached hydrogen (secondary N) is 9. The highest BCUT2D eigenvalue weighted by molar-refractivity contribution is 6.02. The molecule has 15 amide bonds. The van der Waals surface area contributed by atoms with Gasteiger partial charge in [0.05, 0.1) is 25.2 Å². The van der Waals surface area contributed by atoms with Gasteiger partial charge in [0, 0.05) is 106 Å². The number of piperidine rings is 1. The van der Waals surface area contributed by atoms with Gasteiger partial charge in [-0.2, -0.15) is 0 Å². The number of aliphatic hydroxyl groups is 1. The summed E-state index contributed by atoms with van der Waals surface area (Å²) in [6.45, 7) is 9.30. The van der Waals surface area contributed by atoms with Crippen LogP contribution in [0.15, 0.2) is 85.2 Å². The number of likely N-dealkylation sites (N-methyl/N-ethyl adjacent to an activating group) is 2. The SMILES string of the molecule is CCCC[C@H]1C(=O)N(C)[C@@H](CCCC)C(=O)N[C@@H](CC(C)C)C(=O)N[C@H](C(N)=O)COCC(=O)N[C@@H](Cc2ccc(C)cc2)C(=O)N2CCCC[C@H]2C(=O)N[C@@H](CC(N)=O)C(=O)N2CCC[C@H]2C(=O)N[C@@H](CN)C(=O)N[C@@H](CC(C)C)C(=O)N2C[C@H](O)C[C@H]2C(=O)C[C@@H](Cc2c[nH]c3ccccc23)C(=O)N[C@@H](CCN)C(=O)N[C@@H](Cc2cn(CC(=O)O)c3ccccc23)C(=O)N1C. The molecule has 39 nitrogen and oxygen atoms in total. The van der Waals surface area contributed by atoms with Gasteiger partial charge in [-0.15, -0.1) is 0 Å². The van der Waals surface area contributed by atoms with Gasteiger partial charge in [0.1, 0.15) is 85.7 Å². The van der Waals surface area contributed by atoms with E-state index in [0.717, 1.165) is 20.3 Å². The van der Waals surface area contributed by atoms with E-state index >= 15 is 38.4 Å². The standard InChI is InChI=1S/C93H133N19O20/c1-10-12-24-72-86(124)101-64(37-52(3)4)84(122)106-70(81(97)119)50-132-51-79(116)99-66(39-55-31-29-54(7)30-32-55)90(128)110-35-19-18-27-73(110)87(125)104-68(44-78(96)115)91(129)111-36-20-28-74(111)88(126)105-69(45-95)85(123)102-65(38-53(5)6)92(130)112-48-59(113)43-76(112)77(114)42-56(40-57-46-98-62-23-16-14-21-60(57)62)82(120)100-63(33-34-94)83(121)103-67(89(127)108(9)75(25-13-11-2)93(131)107(72)8)41-58-47-109(49-80(117)118)71-26-17-15-22-61(58)71/h14-17,21-23,26,29-32,46-47,52-53,56,59,63-70,72-76,98,113H,10-13,18-20,24-25,27-28,33-45,48-51,94-95H2,1-9H3,(H2,96,115)(H2,97,119)(H,99,116)(H,100,120)(H,101,124)(H,102,123)(H,103,121)(H,104,125)(H,105,126)(H,106,122)(H,117,118)/t56-,59-,63+,64+,65+,66+,67+,68+,69+,70+,72+,73+,74+,75+,76+/m1/s1. The number of aryl methyl sites for hydroxylation is 1. The third kappa shape index (κ3) is 27.7. The van der Waals surface area contributed by atoms with E-state index in [1.807, 2.05) is 20.8 Å². The Morgan fingerprint density at radius 2 is 1.09 bits per heavy atom. The average Bonchev–Trinajstić information content (AvgIpc) is 1.63. The van der Waals surface area contributed by atoms with Crippen molar-refractivity contribution < 1.29 is 96.5 Å². The fourth-order valence-electron chi connectivity index (χ4n) is 17.9. The molecule has 15 atom stereocenters. The molecule has 0 saturated carbocycles. The molecule has 0 bridgehead atoms. The van der Waals surface area contributed by atoms with E-state index < -0.39 is 237 Å². The van der Waals surface area contributed by atoms with E-state index in [0.29, 0.717) is 77.0 Å². The van der Waals surface area contributed by atoms with Crippen LogP contribution in [0.1, 0.15) is 173 Å². The number of carboxylic acids is 1. The molecule has 6 heterocycles. The summed E-state index contributed by atoms with van der Waals surface area (Å²) in [6.07, 6.45) is 2.11. The highest BCUT2D eigenvalue weighted by Crippen LogP contribution is 2.31. The predicted molar refractivity (Wildman–Crippen MR) is 487 cm³/mol. The number of ketones is 1. The number of benzene rings is 3. The predicted octanol–water partition coefficient (Wildman–Crippen LogP) is 0.156. The van der Waals surface area contributed by atoms with Crippen molar-refractivity contribution in [2.45, 2.75) is 268 Å². The zero-order valence-corrected chi connectivity index (χ0v) is 76.9. The van der Waals surface area contributed by atoms with Gasteiger partial charge in [-0.05, 0) is 125 Å². The van der Waals surface area contributed by atoms with Crippen molar-refractivity contribution in [1.82, 2.24) is 76.6 Å². The van der Waals surface area contributed by atoms with Crippen molar-refractivity contribution in [1.29, 1.82) is 0 Å². The summed E-state index contributed by atoms with van der Waals surface area (Å²) in [5.74, 6) is -17.1. The molecule has 9 rings (SSSR count). The molecule has 0 radical (unpaired) electrons. The monoisotopic (exact) mass is 1840 g/mol. The third-order valence-corrected chi connectivity index (χ3v) is 24.9. The first kappa shape index (κ1) is 103. The zero-order chi connectivity index (χ0) is 96.5. The number of nitrogens with two attached hydrogens (primary N) is 4. The van der Waals surface area contributed by atoms with E-state index in [9.17, 15) is 53.4 Å². The summed E-state index contributed by atoms with van der Waals surface area (Å²) in [7, 11) is 2.74. The largest absolute Gasteiger partial charge is 0.480 e. The lowest BCUT2D eigenvalue weighted by Gasteiger charge is -2.38. The van der Waals surface area contributed by atoms with Crippen LogP contribution in [0.2, 0.25) is 0 Å². The van der Waals surface area contributed by atoms with Crippen LogP contribution in [-0.4, -0.2) is 289 Å². The summed E-state index contributed by atoms with van der Waals surface area (Å²) in [5.41, 5.74) is 27.7. The Morgan fingerprint density at radius 1 is 0.538 bits per heavy atom. The normalized spacial score (nSPS) is 25.8. The number of hydrogen-bond acceptors (Lipinski definition) is 21. The first-order chi connectivity index (χ1) is 62.8. The molecule has 4 fully saturated rings. The van der Waals surface area contributed by atoms with Gasteiger partial charge in [-0.1, -0.05) is 133 Å². The molecular weight excluding hydrogens is 1700 g/mol. The van der Waals surface area contributed by atoms with Crippen LogP contribution in [0.25, 0.3) is 21.8 Å². The van der Waals surface area contributed by atoms with Gasteiger partial charge < -0.3 is 114 Å². The number of hydrogen-bond donors (Lipinski definition) is 15. The molecule has 19 N–H and O–H groups in total. The number of nitrogens with zero attached hydrogens (tertiary/aromatic N) is 6. The Labute approximate surface area is 767 Å². The van der Waals surface area contributed by atoms with Crippen LogP contribution in [0.4, 0.5) is 0 Å². The van der Waals surface area contributed by atoms with Crippen LogP contribution in [-0.2, 0) is 112 Å². The van der Waals surface area contributed by atoms with E-state index in [4.69, 9.17) is 27.7 Å². The number of H-pyrrole nitrogens is 1. The van der Waals surface area contributed by atoms with Crippen molar-refractivity contribution in [3.05, 3.63) is 107 Å². The van der Waals surface area contributed by atoms with Crippen LogP contribution in [0.5, 0.6) is 0 Å². The number of carbonyl (C=O) groups excluding carboxylic acids is 16. The third-order valence-electron chi connectivity index (χ3n) is 24.9. The number of amides is 15. The minimum absolute atomic E-state index is 0.0101. The van der Waals surface area contributed by atoms with Crippen molar-refractivity contribution in [2.75, 3.05) is 60.0 Å². The molecule has 132 heavy (non-hydrogen) atoms. The Morgan fingerprint density at radius 3 is 1.73 bits per heavy atom. The number of Topliss-reactive ketones (excluding diaryl/α,β-unsaturated/α-hetero) is 1. The average molecular weight is 1840 g/mol. The minimum atomic E-state index is -1.71. The van der Waals surface area contributed by atoms with Crippen LogP contribution in [0.3, 0.4) is 0 Å². The number of unbranched alkanes of at least 4 members (excludes halogenated alkanes) is 2. The lowest BCUT2D eigenvalue weighted by atomic mass is 9.90. The molecule has 39 heteroatoms. The number of carbonyl (C=O) groups is 17. The number of aliphatic carboxylic acids is 1. The Balaban J connectivity index is 1.09. The van der Waals surface area contributed by atoms with E-state index in [-0.39, 0.29) is 109 Å². The maximum atomic E-state index is 15.9. The smallest absolute Gasteiger partial charge is 0.323 e. The first-order valence-electron chi connectivity index (χ1n) is 45.9. The molecule has 4 aliphatic rings. The number of carboxylic acid groups (broad SMARTS) is 1. The second kappa shape index (κ2) is 48.8. The molecule has 5 aromatic rings. The first-order valence-corrected chi connectivity index (χ1v) is 45.9. The number of fused-ring (bicyclic) bond motifs is 5. The number of rotatable bonds is 24. The summed E-state index contributed by atoms with van der Waals surface area (Å²) < 4.78 is 7.23. The molecule has 2 aromatic heterocycles. The van der Waals surface area contributed by atoms with Crippen molar-refractivity contribution in [2.24, 2.45) is 40.7 Å². The maximum Gasteiger partial charge on any atom is 0.323 e. The lowest BCUT2D eigenvalue weighted by molar-refractivity contribution is -0.149. The van der Waals surface area contributed by atoms with Gasteiger partial charge in [-0.3, -0.25) is 81.5 Å². The quantitative estimate of drug-likeness (QED) is 0.0391. The van der Waals surface area contributed by atoms with Gasteiger partial charge in [0.25, 0.3) is 0 Å². The second-order valence-corrected chi connectivity index (χ2v) is 36.1. The highest BCUT2D eigenvalue weighted by Gasteiger charge is 2.47. The van der Waals surface area contributed by atoms with Crippen molar-refractivity contribution in [3.63, 3.8) is 0 Å². The zero-order valence-electron chi connectivity index (χ0n) is 76.9. The number of aliphatic hydroxyl groups excluding tert-OH is 1. The fraction of sp³-hybridized carbons (Fsp3) is 0.581. The number of primary amides is 2. The van der Waals surface area contributed by atoms with Crippen molar-refractivity contribution >= 4 is 122 Å². The lowest BCUT2D eigenvalue weighted by Crippen LogP contribution is -2.62. The summed E-state index contributed by atoms with van der Waals surface area (Å²) in [4.78, 5) is 259. The number of aromatic amines is 1. The second-order valence-electron chi connectivity index (χ2n) is 36.1. The molecule has 4 aliphatic heterocycles. The number of aromatic nitrogens is 2. The minimum Gasteiger partial charge on any atom is -0.480 e. The van der Waals surface area contributed by atoms with E-state index in [1.165, 1.54) is 34.7 Å². The van der Waals surface area contributed by atoms with Crippen LogP contribution in [0, 0.1) is 24.7 Å². The number of para-hydroxylation sites is 2. The number of ether oxygens (including phenoxy) is 1. The Bertz CT molecular complexity index is 4960. The molecule has 3 aromatic carbocycles. The highest BCUT2D eigenvalue weighted by atomic mass is 16.5. The fourth-order valence-corrected chi connectivity index (χ4v) is 17.9. The van der Waals surface area contributed by atoms with Crippen molar-refractivity contribution in [3.8, 4) is 0 Å². The molecule has 0 spiro atoms. The molecule has 720 valence electrons. The van der Waals surface area contributed by atoms with Gasteiger partial charge in [-0.25, -0.2) is 0 Å². The maximum absolute atomic E-state index is 15.9. The summed E-state index contributed by atoms with van der Waals surface area (Å²) in [6, 6.07) is 1.90. The van der Waals surface area contributed by atoms with Gasteiger partial charge in [0.15, 0.2) is 5.78 Å². The van der Waals surface area contributed by atoms with Gasteiger partial charge in [0.2, 0.25) is 88.6 Å². The molecular formula is C93H133N19O20. The Hall–Kier alpha value is -12.2.